The zero-order chi connectivity index (χ0) is 12.1. The predicted molar refractivity (Wildman–Crippen MR) is 68.3 cm³/mol. The average molecular weight is 296 g/mol. The van der Waals surface area contributed by atoms with Crippen molar-refractivity contribution in [3.8, 4) is 0 Å². The number of pyridine rings is 2. The molecule has 0 saturated heterocycles. The van der Waals surface area contributed by atoms with E-state index >= 15 is 0 Å². The highest BCUT2D eigenvalue weighted by Crippen LogP contribution is 2.15. The fourth-order valence-corrected chi connectivity index (χ4v) is 1.70. The van der Waals surface area contributed by atoms with Crippen LogP contribution >= 0.6 is 15.9 Å². The Labute approximate surface area is 107 Å². The van der Waals surface area contributed by atoms with Gasteiger partial charge in [0.25, 0.3) is 0 Å². The molecule has 3 nitrogen and oxygen atoms in total. The summed E-state index contributed by atoms with van der Waals surface area (Å²) in [5, 5.41) is 2.94. The summed E-state index contributed by atoms with van der Waals surface area (Å²) in [5.41, 5.74) is 0.970. The van der Waals surface area contributed by atoms with Gasteiger partial charge in [-0.2, -0.15) is 0 Å². The lowest BCUT2D eigenvalue weighted by Gasteiger charge is -2.06. The molecule has 2 aromatic rings. The molecule has 0 atom stereocenters. The van der Waals surface area contributed by atoms with E-state index in [0.717, 1.165) is 12.1 Å². The van der Waals surface area contributed by atoms with Gasteiger partial charge in [0.2, 0.25) is 0 Å². The van der Waals surface area contributed by atoms with Crippen molar-refractivity contribution in [1.29, 1.82) is 0 Å². The Morgan fingerprint density at radius 3 is 2.88 bits per heavy atom. The number of nitrogens with zero attached hydrogens (tertiary/aromatic N) is 2. The molecule has 0 bridgehead atoms. The van der Waals surface area contributed by atoms with E-state index in [-0.39, 0.29) is 11.6 Å². The maximum atomic E-state index is 13.4. The van der Waals surface area contributed by atoms with E-state index < -0.39 is 0 Å². The minimum atomic E-state index is -0.361. The van der Waals surface area contributed by atoms with Crippen LogP contribution in [-0.4, -0.2) is 16.5 Å². The summed E-state index contributed by atoms with van der Waals surface area (Å²) in [5.74, 6) is -0.0930. The van der Waals surface area contributed by atoms with Gasteiger partial charge in [0, 0.05) is 35.5 Å². The van der Waals surface area contributed by atoms with E-state index in [1.165, 1.54) is 6.07 Å². The summed E-state index contributed by atoms with van der Waals surface area (Å²) in [6, 6.07) is 7.12. The first-order valence-electron chi connectivity index (χ1n) is 5.20. The molecule has 2 rings (SSSR count). The molecule has 2 aromatic heterocycles. The van der Waals surface area contributed by atoms with E-state index in [4.69, 9.17) is 0 Å². The SMILES string of the molecule is Fc1cc(Br)cnc1NCCc1ccccn1. The smallest absolute Gasteiger partial charge is 0.166 e. The lowest BCUT2D eigenvalue weighted by molar-refractivity contribution is 0.623. The Hall–Kier alpha value is -1.49. The van der Waals surface area contributed by atoms with E-state index in [0.29, 0.717) is 11.0 Å². The third-order valence-corrected chi connectivity index (χ3v) is 2.64. The Kier molecular flexibility index (Phi) is 4.03. The van der Waals surface area contributed by atoms with Crippen molar-refractivity contribution >= 4 is 21.7 Å². The first kappa shape index (κ1) is 12.0. The maximum absolute atomic E-state index is 13.4. The third kappa shape index (κ3) is 3.49. The highest BCUT2D eigenvalue weighted by atomic mass is 79.9. The van der Waals surface area contributed by atoms with Gasteiger partial charge in [-0.15, -0.1) is 0 Å². The van der Waals surface area contributed by atoms with Crippen LogP contribution in [0.3, 0.4) is 0 Å². The molecule has 0 aromatic carbocycles. The van der Waals surface area contributed by atoms with E-state index in [1.54, 1.807) is 12.4 Å². The van der Waals surface area contributed by atoms with Crippen LogP contribution in [0, 0.1) is 5.82 Å². The van der Waals surface area contributed by atoms with Gasteiger partial charge in [0.15, 0.2) is 11.6 Å². The van der Waals surface area contributed by atoms with Gasteiger partial charge in [-0.3, -0.25) is 4.98 Å². The molecule has 0 aliphatic rings. The molecule has 17 heavy (non-hydrogen) atoms. The topological polar surface area (TPSA) is 37.8 Å². The highest BCUT2D eigenvalue weighted by Gasteiger charge is 2.03. The van der Waals surface area contributed by atoms with Gasteiger partial charge >= 0.3 is 0 Å². The standard InChI is InChI=1S/C12H11BrFN3/c13-9-7-11(14)12(17-8-9)16-6-4-10-3-1-2-5-15-10/h1-3,5,7-8H,4,6H2,(H,16,17). The summed E-state index contributed by atoms with van der Waals surface area (Å²) in [4.78, 5) is 8.14. The lowest BCUT2D eigenvalue weighted by atomic mass is 10.3. The summed E-state index contributed by atoms with van der Waals surface area (Å²) < 4.78 is 14.0. The molecule has 1 N–H and O–H groups in total. The van der Waals surface area contributed by atoms with Crippen LogP contribution in [0.5, 0.6) is 0 Å². The van der Waals surface area contributed by atoms with Crippen molar-refractivity contribution in [2.75, 3.05) is 11.9 Å². The number of hydrogen-bond acceptors (Lipinski definition) is 3. The molecule has 0 aliphatic heterocycles. The van der Waals surface area contributed by atoms with Crippen LogP contribution in [-0.2, 0) is 6.42 Å². The summed E-state index contributed by atoms with van der Waals surface area (Å²) >= 11 is 3.16. The summed E-state index contributed by atoms with van der Waals surface area (Å²) in [6.45, 7) is 0.600. The molecule has 88 valence electrons. The van der Waals surface area contributed by atoms with Gasteiger partial charge in [-0.1, -0.05) is 6.07 Å². The van der Waals surface area contributed by atoms with E-state index in [1.807, 2.05) is 18.2 Å². The number of anilines is 1. The molecule has 5 heteroatoms. The highest BCUT2D eigenvalue weighted by molar-refractivity contribution is 9.10. The summed E-state index contributed by atoms with van der Waals surface area (Å²) in [7, 11) is 0. The molecule has 0 aliphatic carbocycles. The average Bonchev–Trinajstić information content (AvgIpc) is 2.33. The minimum Gasteiger partial charge on any atom is -0.367 e. The quantitative estimate of drug-likeness (QED) is 0.942. The van der Waals surface area contributed by atoms with Crippen molar-refractivity contribution in [3.63, 3.8) is 0 Å². The Morgan fingerprint density at radius 2 is 2.18 bits per heavy atom. The molecule has 0 unspecified atom stereocenters. The molecule has 0 radical (unpaired) electrons. The van der Waals surface area contributed by atoms with Crippen LogP contribution in [0.25, 0.3) is 0 Å². The number of aromatic nitrogens is 2. The fourth-order valence-electron chi connectivity index (χ4n) is 1.40. The zero-order valence-electron chi connectivity index (χ0n) is 9.03. The molecule has 0 saturated carbocycles. The Morgan fingerprint density at radius 1 is 1.29 bits per heavy atom. The number of rotatable bonds is 4. The van der Waals surface area contributed by atoms with Crippen LogP contribution in [0.1, 0.15) is 5.69 Å². The van der Waals surface area contributed by atoms with Crippen LogP contribution < -0.4 is 5.32 Å². The van der Waals surface area contributed by atoms with Crippen LogP contribution in [0.15, 0.2) is 41.1 Å². The van der Waals surface area contributed by atoms with Crippen molar-refractivity contribution in [2.24, 2.45) is 0 Å². The van der Waals surface area contributed by atoms with Gasteiger partial charge in [-0.05, 0) is 34.1 Å². The van der Waals surface area contributed by atoms with Gasteiger partial charge in [0.05, 0.1) is 0 Å². The first-order chi connectivity index (χ1) is 8.25. The molecular formula is C12H11BrFN3. The van der Waals surface area contributed by atoms with Crippen molar-refractivity contribution in [3.05, 3.63) is 52.6 Å². The van der Waals surface area contributed by atoms with Crippen molar-refractivity contribution in [2.45, 2.75) is 6.42 Å². The second-order valence-electron chi connectivity index (χ2n) is 3.48. The van der Waals surface area contributed by atoms with Crippen LogP contribution in [0.4, 0.5) is 10.2 Å². The first-order valence-corrected chi connectivity index (χ1v) is 6.00. The number of halogens is 2. The van der Waals surface area contributed by atoms with Gasteiger partial charge in [-0.25, -0.2) is 9.37 Å². The third-order valence-electron chi connectivity index (χ3n) is 2.21. The largest absolute Gasteiger partial charge is 0.367 e. The van der Waals surface area contributed by atoms with Gasteiger partial charge in [0.1, 0.15) is 0 Å². The molecule has 0 spiro atoms. The maximum Gasteiger partial charge on any atom is 0.166 e. The second kappa shape index (κ2) is 5.72. The molecule has 0 amide bonds. The molecular weight excluding hydrogens is 285 g/mol. The van der Waals surface area contributed by atoms with Crippen molar-refractivity contribution < 1.29 is 4.39 Å². The second-order valence-corrected chi connectivity index (χ2v) is 4.40. The van der Waals surface area contributed by atoms with Gasteiger partial charge < -0.3 is 5.32 Å². The van der Waals surface area contributed by atoms with E-state index in [2.05, 4.69) is 31.2 Å². The van der Waals surface area contributed by atoms with Crippen molar-refractivity contribution in [1.82, 2.24) is 9.97 Å². The lowest BCUT2D eigenvalue weighted by Crippen LogP contribution is -2.08. The monoisotopic (exact) mass is 295 g/mol. The zero-order valence-corrected chi connectivity index (χ0v) is 10.6. The number of nitrogens with one attached hydrogen (secondary N) is 1. The predicted octanol–water partition coefficient (Wildman–Crippen LogP) is 3.03. The van der Waals surface area contributed by atoms with Crippen LogP contribution in [0.2, 0.25) is 0 Å². The summed E-state index contributed by atoms with van der Waals surface area (Å²) in [6.07, 6.45) is 4.04. The molecule has 0 fully saturated rings. The van der Waals surface area contributed by atoms with E-state index in [9.17, 15) is 4.39 Å². The fraction of sp³-hybridized carbons (Fsp3) is 0.167. The Balaban J connectivity index is 1.90. The minimum absolute atomic E-state index is 0.268. The Bertz CT molecular complexity index is 490. The molecule has 2 heterocycles. The normalized spacial score (nSPS) is 10.2. The number of hydrogen-bond donors (Lipinski definition) is 1.